The van der Waals surface area contributed by atoms with Crippen LogP contribution in [0.25, 0.3) is 23.1 Å². The molecule has 0 saturated carbocycles. The minimum Gasteiger partial charge on any atom is -0.258 e. The van der Waals surface area contributed by atoms with E-state index in [4.69, 9.17) is 11.6 Å². The van der Waals surface area contributed by atoms with Gasteiger partial charge < -0.3 is 0 Å². The maximum Gasteiger partial charge on any atom is 0.278 e. The van der Waals surface area contributed by atoms with E-state index in [1.165, 1.54) is 6.07 Å². The summed E-state index contributed by atoms with van der Waals surface area (Å²) < 4.78 is 1.80. The maximum atomic E-state index is 11.1. The zero-order valence-corrected chi connectivity index (χ0v) is 15.6. The number of benzene rings is 1. The first-order valence-corrected chi connectivity index (χ1v) is 8.69. The van der Waals surface area contributed by atoms with Crippen LogP contribution in [0.3, 0.4) is 0 Å². The summed E-state index contributed by atoms with van der Waals surface area (Å²) in [5, 5.41) is 16.7. The van der Waals surface area contributed by atoms with Crippen LogP contribution in [0.15, 0.2) is 30.3 Å². The molecule has 3 rings (SSSR count). The lowest BCUT2D eigenvalue weighted by Crippen LogP contribution is -2.06. The fourth-order valence-corrected chi connectivity index (χ4v) is 3.11. The lowest BCUT2D eigenvalue weighted by atomic mass is 10.1. The van der Waals surface area contributed by atoms with Crippen molar-refractivity contribution >= 4 is 40.3 Å². The molecule has 0 amide bonds. The minimum atomic E-state index is -0.397. The van der Waals surface area contributed by atoms with Crippen molar-refractivity contribution in [2.45, 2.75) is 27.3 Å². The first-order chi connectivity index (χ1) is 12.4. The number of fused-ring (bicyclic) bond motifs is 1. The van der Waals surface area contributed by atoms with Gasteiger partial charge in [0.05, 0.1) is 27.2 Å². The van der Waals surface area contributed by atoms with Crippen molar-refractivity contribution in [2.75, 3.05) is 0 Å². The standard InChI is InChI=1S/C19H19ClN4O2/c1-12(2)11-23-19(20)15(13(3)22-23)9-7-14-8-10-16-17(21-14)5-4-6-18(16)24(25)26/h4-10,12H,11H2,1-3H3/b9-7+. The van der Waals surface area contributed by atoms with Crippen molar-refractivity contribution in [1.29, 1.82) is 0 Å². The SMILES string of the molecule is Cc1nn(CC(C)C)c(Cl)c1/C=C/c1ccc2c([N+](=O)[O-])cccc2n1. The van der Waals surface area contributed by atoms with Crippen molar-refractivity contribution in [1.82, 2.24) is 14.8 Å². The fraction of sp³-hybridized carbons (Fsp3) is 0.263. The van der Waals surface area contributed by atoms with Gasteiger partial charge >= 0.3 is 0 Å². The van der Waals surface area contributed by atoms with Crippen LogP contribution < -0.4 is 0 Å². The van der Waals surface area contributed by atoms with Crippen molar-refractivity contribution < 1.29 is 4.92 Å². The molecule has 2 heterocycles. The lowest BCUT2D eigenvalue weighted by molar-refractivity contribution is -0.383. The van der Waals surface area contributed by atoms with Gasteiger partial charge in [0, 0.05) is 18.2 Å². The molecular formula is C19H19ClN4O2. The van der Waals surface area contributed by atoms with Crippen LogP contribution in [0, 0.1) is 23.0 Å². The number of non-ortho nitro benzene ring substituents is 1. The van der Waals surface area contributed by atoms with E-state index < -0.39 is 4.92 Å². The van der Waals surface area contributed by atoms with Crippen molar-refractivity contribution in [3.8, 4) is 0 Å². The van der Waals surface area contributed by atoms with Crippen molar-refractivity contribution in [3.63, 3.8) is 0 Å². The minimum absolute atomic E-state index is 0.0550. The van der Waals surface area contributed by atoms with E-state index >= 15 is 0 Å². The van der Waals surface area contributed by atoms with Gasteiger partial charge in [-0.2, -0.15) is 5.10 Å². The summed E-state index contributed by atoms with van der Waals surface area (Å²) in [6.07, 6.45) is 3.72. The van der Waals surface area contributed by atoms with Crippen LogP contribution in [-0.4, -0.2) is 19.7 Å². The highest BCUT2D eigenvalue weighted by Crippen LogP contribution is 2.26. The molecular weight excluding hydrogens is 352 g/mol. The van der Waals surface area contributed by atoms with E-state index in [1.807, 2.05) is 19.1 Å². The topological polar surface area (TPSA) is 73.8 Å². The molecule has 0 atom stereocenters. The van der Waals surface area contributed by atoms with Gasteiger partial charge in [-0.25, -0.2) is 4.98 Å². The molecule has 0 N–H and O–H groups in total. The first-order valence-electron chi connectivity index (χ1n) is 8.32. The van der Waals surface area contributed by atoms with Gasteiger partial charge in [0.25, 0.3) is 5.69 Å². The largest absolute Gasteiger partial charge is 0.278 e. The molecule has 0 aliphatic heterocycles. The molecule has 0 radical (unpaired) electrons. The zero-order valence-electron chi connectivity index (χ0n) is 14.8. The Labute approximate surface area is 156 Å². The molecule has 6 nitrogen and oxygen atoms in total. The third kappa shape index (κ3) is 3.60. The predicted octanol–water partition coefficient (Wildman–Crippen LogP) is 5.13. The molecule has 134 valence electrons. The average Bonchev–Trinajstić information content (AvgIpc) is 2.85. The van der Waals surface area contributed by atoms with Crippen LogP contribution in [0.4, 0.5) is 5.69 Å². The Morgan fingerprint density at radius 3 is 2.73 bits per heavy atom. The Kier molecular flexibility index (Phi) is 5.04. The molecule has 0 saturated heterocycles. The van der Waals surface area contributed by atoms with Gasteiger partial charge in [-0.3, -0.25) is 14.8 Å². The third-order valence-electron chi connectivity index (χ3n) is 4.00. The molecule has 0 bridgehead atoms. The maximum absolute atomic E-state index is 11.1. The van der Waals surface area contributed by atoms with Crippen molar-refractivity contribution in [2.24, 2.45) is 5.92 Å². The Bertz CT molecular complexity index is 1010. The fourth-order valence-electron chi connectivity index (χ4n) is 2.80. The van der Waals surface area contributed by atoms with Crippen LogP contribution in [-0.2, 0) is 6.54 Å². The van der Waals surface area contributed by atoms with Crippen molar-refractivity contribution in [3.05, 3.63) is 62.6 Å². The number of nitro groups is 1. The highest BCUT2D eigenvalue weighted by atomic mass is 35.5. The predicted molar refractivity (Wildman–Crippen MR) is 104 cm³/mol. The molecule has 1 aromatic carbocycles. The highest BCUT2D eigenvalue weighted by molar-refractivity contribution is 6.31. The molecule has 0 spiro atoms. The second-order valence-electron chi connectivity index (χ2n) is 6.54. The Morgan fingerprint density at radius 1 is 1.27 bits per heavy atom. The van der Waals surface area contributed by atoms with E-state index in [0.29, 0.717) is 27.7 Å². The first kappa shape index (κ1) is 18.1. The molecule has 26 heavy (non-hydrogen) atoms. The summed E-state index contributed by atoms with van der Waals surface area (Å²) in [6, 6.07) is 8.35. The normalized spacial score (nSPS) is 11.7. The van der Waals surface area contributed by atoms with Gasteiger partial charge in [0.2, 0.25) is 0 Å². The van der Waals surface area contributed by atoms with E-state index in [0.717, 1.165) is 17.8 Å². The summed E-state index contributed by atoms with van der Waals surface area (Å²) in [5.74, 6) is 0.446. The highest BCUT2D eigenvalue weighted by Gasteiger charge is 2.13. The number of halogens is 1. The van der Waals surface area contributed by atoms with E-state index in [2.05, 4.69) is 23.9 Å². The van der Waals surface area contributed by atoms with E-state index in [-0.39, 0.29) is 5.69 Å². The summed E-state index contributed by atoms with van der Waals surface area (Å²) in [5.41, 5.74) is 3.04. The molecule has 7 heteroatoms. The van der Waals surface area contributed by atoms with E-state index in [1.54, 1.807) is 28.9 Å². The average molecular weight is 371 g/mol. The number of hydrogen-bond acceptors (Lipinski definition) is 4. The molecule has 0 unspecified atom stereocenters. The quantitative estimate of drug-likeness (QED) is 0.461. The van der Waals surface area contributed by atoms with Gasteiger partial charge in [-0.15, -0.1) is 0 Å². The summed E-state index contributed by atoms with van der Waals surface area (Å²) in [6.45, 7) is 6.90. The molecule has 3 aromatic rings. The van der Waals surface area contributed by atoms with E-state index in [9.17, 15) is 10.1 Å². The Morgan fingerprint density at radius 2 is 2.04 bits per heavy atom. The van der Waals surface area contributed by atoms with Gasteiger partial charge in [0.1, 0.15) is 5.15 Å². The summed E-state index contributed by atoms with van der Waals surface area (Å²) >= 11 is 6.44. The second kappa shape index (κ2) is 7.25. The Balaban J connectivity index is 1.94. The zero-order chi connectivity index (χ0) is 18.8. The number of pyridine rings is 1. The second-order valence-corrected chi connectivity index (χ2v) is 6.89. The number of hydrogen-bond donors (Lipinski definition) is 0. The summed E-state index contributed by atoms with van der Waals surface area (Å²) in [7, 11) is 0. The van der Waals surface area contributed by atoms with Crippen LogP contribution in [0.1, 0.15) is 30.8 Å². The third-order valence-corrected chi connectivity index (χ3v) is 4.39. The number of nitro benzene ring substituents is 1. The Hall–Kier alpha value is -2.73. The van der Waals surface area contributed by atoms with Crippen LogP contribution in [0.5, 0.6) is 0 Å². The van der Waals surface area contributed by atoms with Gasteiger partial charge in [0.15, 0.2) is 0 Å². The molecule has 0 aliphatic carbocycles. The number of aryl methyl sites for hydroxylation is 1. The number of nitrogens with zero attached hydrogens (tertiary/aromatic N) is 4. The molecule has 0 aliphatic rings. The monoisotopic (exact) mass is 370 g/mol. The lowest BCUT2D eigenvalue weighted by Gasteiger charge is -2.05. The van der Waals surface area contributed by atoms with Gasteiger partial charge in [-0.05, 0) is 43.2 Å². The molecule has 0 fully saturated rings. The number of aromatic nitrogens is 3. The summed E-state index contributed by atoms with van der Waals surface area (Å²) in [4.78, 5) is 15.2. The van der Waals surface area contributed by atoms with Crippen LogP contribution in [0.2, 0.25) is 5.15 Å². The van der Waals surface area contributed by atoms with Gasteiger partial charge in [-0.1, -0.05) is 31.5 Å². The number of rotatable bonds is 5. The molecule has 2 aromatic heterocycles. The smallest absolute Gasteiger partial charge is 0.258 e. The van der Waals surface area contributed by atoms with Crippen LogP contribution >= 0.6 is 11.6 Å².